The Morgan fingerprint density at radius 2 is 1.81 bits per heavy atom. The van der Waals surface area contributed by atoms with Crippen LogP contribution in [0.2, 0.25) is 0 Å². The summed E-state index contributed by atoms with van der Waals surface area (Å²) in [5.74, 6) is 2.71. The molecule has 0 bridgehead atoms. The van der Waals surface area contributed by atoms with E-state index in [2.05, 4.69) is 53.4 Å². The fourth-order valence-corrected chi connectivity index (χ4v) is 3.75. The highest BCUT2D eigenvalue weighted by molar-refractivity contribution is 5.80. The Hall–Kier alpha value is -1.63. The van der Waals surface area contributed by atoms with Gasteiger partial charge in [-0.2, -0.15) is 0 Å². The van der Waals surface area contributed by atoms with Gasteiger partial charge in [-0.15, -0.1) is 10.2 Å². The van der Waals surface area contributed by atoms with Gasteiger partial charge >= 0.3 is 0 Å². The van der Waals surface area contributed by atoms with Crippen molar-refractivity contribution < 1.29 is 0 Å². The molecule has 2 N–H and O–H groups in total. The number of aromatic nitrogens is 3. The lowest BCUT2D eigenvalue weighted by Gasteiger charge is -2.31. The molecule has 1 aliphatic carbocycles. The van der Waals surface area contributed by atoms with Crippen LogP contribution in [-0.4, -0.2) is 56.8 Å². The summed E-state index contributed by atoms with van der Waals surface area (Å²) in [6.07, 6.45) is 6.43. The SMILES string of the molecule is Cc1nnc(CN=C(NCCN(C(C)C)C(C)C)NC2CCCCC2)n1C. The molecule has 7 nitrogen and oxygen atoms in total. The largest absolute Gasteiger partial charge is 0.355 e. The first kappa shape index (κ1) is 21.7. The third-order valence-corrected chi connectivity index (χ3v) is 5.50. The minimum atomic E-state index is 0.525. The van der Waals surface area contributed by atoms with Gasteiger partial charge in [0.1, 0.15) is 12.4 Å². The molecule has 1 saturated carbocycles. The molecule has 0 aromatic carbocycles. The lowest BCUT2D eigenvalue weighted by Crippen LogP contribution is -2.48. The summed E-state index contributed by atoms with van der Waals surface area (Å²) in [4.78, 5) is 7.30. The van der Waals surface area contributed by atoms with Crippen molar-refractivity contribution in [1.29, 1.82) is 0 Å². The molecular weight excluding hydrogens is 338 g/mol. The molecule has 7 heteroatoms. The molecule has 0 unspecified atom stereocenters. The molecule has 0 amide bonds. The van der Waals surface area contributed by atoms with Gasteiger partial charge in [0.2, 0.25) is 0 Å². The van der Waals surface area contributed by atoms with E-state index in [0.29, 0.717) is 24.7 Å². The van der Waals surface area contributed by atoms with Crippen molar-refractivity contribution in [3.63, 3.8) is 0 Å². The number of guanidine groups is 1. The summed E-state index contributed by atoms with van der Waals surface area (Å²) in [5.41, 5.74) is 0. The average Bonchev–Trinajstić information content (AvgIpc) is 2.95. The normalized spacial score (nSPS) is 16.6. The van der Waals surface area contributed by atoms with Crippen LogP contribution in [0.15, 0.2) is 4.99 Å². The predicted octanol–water partition coefficient (Wildman–Crippen LogP) is 2.61. The summed E-state index contributed by atoms with van der Waals surface area (Å²) in [6, 6.07) is 1.61. The van der Waals surface area contributed by atoms with Crippen molar-refractivity contribution in [2.75, 3.05) is 13.1 Å². The molecule has 1 aromatic heterocycles. The molecule has 0 radical (unpaired) electrons. The Kier molecular flexibility index (Phi) is 8.54. The van der Waals surface area contributed by atoms with Gasteiger partial charge in [0.15, 0.2) is 11.8 Å². The minimum Gasteiger partial charge on any atom is -0.355 e. The highest BCUT2D eigenvalue weighted by Crippen LogP contribution is 2.17. The smallest absolute Gasteiger partial charge is 0.191 e. The standard InChI is InChI=1S/C20H39N7/c1-15(2)27(16(3)4)13-12-21-20(23-18-10-8-7-9-11-18)22-14-19-25-24-17(5)26(19)6/h15-16,18H,7-14H2,1-6H3,(H2,21,22,23). The van der Waals surface area contributed by atoms with Crippen LogP contribution < -0.4 is 10.6 Å². The van der Waals surface area contributed by atoms with Gasteiger partial charge in [0.05, 0.1) is 0 Å². The van der Waals surface area contributed by atoms with Crippen molar-refractivity contribution >= 4 is 5.96 Å². The van der Waals surface area contributed by atoms with E-state index in [1.54, 1.807) is 0 Å². The second-order valence-electron chi connectivity index (χ2n) is 8.22. The summed E-state index contributed by atoms with van der Waals surface area (Å²) in [6.45, 7) is 13.4. The van der Waals surface area contributed by atoms with Crippen molar-refractivity contribution in [3.8, 4) is 0 Å². The lowest BCUT2D eigenvalue weighted by molar-refractivity contribution is 0.178. The quantitative estimate of drug-likeness (QED) is 0.538. The van der Waals surface area contributed by atoms with Gasteiger partial charge in [0, 0.05) is 38.3 Å². The first-order valence-corrected chi connectivity index (χ1v) is 10.5. The monoisotopic (exact) mass is 377 g/mol. The Labute approximate surface area is 165 Å². The van der Waals surface area contributed by atoms with E-state index >= 15 is 0 Å². The van der Waals surface area contributed by atoms with Crippen LogP contribution in [0, 0.1) is 6.92 Å². The summed E-state index contributed by atoms with van der Waals surface area (Å²) in [5, 5.41) is 15.6. The van der Waals surface area contributed by atoms with Crippen LogP contribution in [0.5, 0.6) is 0 Å². The lowest BCUT2D eigenvalue weighted by atomic mass is 9.96. The number of nitrogens with zero attached hydrogens (tertiary/aromatic N) is 5. The first-order chi connectivity index (χ1) is 12.9. The van der Waals surface area contributed by atoms with E-state index in [1.807, 2.05) is 18.5 Å². The molecule has 0 aliphatic heterocycles. The molecule has 1 aromatic rings. The first-order valence-electron chi connectivity index (χ1n) is 10.5. The van der Waals surface area contributed by atoms with Gasteiger partial charge in [-0.3, -0.25) is 4.90 Å². The van der Waals surface area contributed by atoms with E-state index in [4.69, 9.17) is 4.99 Å². The van der Waals surface area contributed by atoms with Gasteiger partial charge in [-0.05, 0) is 47.5 Å². The van der Waals surface area contributed by atoms with E-state index in [1.165, 1.54) is 32.1 Å². The van der Waals surface area contributed by atoms with E-state index in [9.17, 15) is 0 Å². The van der Waals surface area contributed by atoms with Gasteiger partial charge in [-0.1, -0.05) is 19.3 Å². The number of hydrogen-bond acceptors (Lipinski definition) is 4. The second kappa shape index (κ2) is 10.6. The topological polar surface area (TPSA) is 70.4 Å². The van der Waals surface area contributed by atoms with Gasteiger partial charge in [0.25, 0.3) is 0 Å². The minimum absolute atomic E-state index is 0.525. The second-order valence-corrected chi connectivity index (χ2v) is 8.22. The molecule has 1 fully saturated rings. The molecule has 1 aliphatic rings. The van der Waals surface area contributed by atoms with Crippen LogP contribution in [0.3, 0.4) is 0 Å². The van der Waals surface area contributed by atoms with Crippen LogP contribution in [0.25, 0.3) is 0 Å². The summed E-state index contributed by atoms with van der Waals surface area (Å²) in [7, 11) is 1.99. The van der Waals surface area contributed by atoms with Crippen LogP contribution in [0.4, 0.5) is 0 Å². The maximum absolute atomic E-state index is 4.80. The van der Waals surface area contributed by atoms with E-state index < -0.39 is 0 Å². The van der Waals surface area contributed by atoms with Crippen molar-refractivity contribution in [3.05, 3.63) is 11.6 Å². The molecule has 0 spiro atoms. The van der Waals surface area contributed by atoms with Crippen molar-refractivity contribution in [2.45, 2.75) is 91.4 Å². The molecule has 2 rings (SSSR count). The maximum Gasteiger partial charge on any atom is 0.191 e. The number of rotatable bonds is 8. The highest BCUT2D eigenvalue weighted by Gasteiger charge is 2.16. The average molecular weight is 378 g/mol. The van der Waals surface area contributed by atoms with Crippen LogP contribution in [-0.2, 0) is 13.6 Å². The Morgan fingerprint density at radius 1 is 1.15 bits per heavy atom. The zero-order chi connectivity index (χ0) is 19.8. The maximum atomic E-state index is 4.80. The van der Waals surface area contributed by atoms with Gasteiger partial charge in [-0.25, -0.2) is 4.99 Å². The zero-order valence-corrected chi connectivity index (χ0v) is 18.1. The fourth-order valence-electron chi connectivity index (χ4n) is 3.75. The Morgan fingerprint density at radius 3 is 2.37 bits per heavy atom. The number of nitrogens with one attached hydrogen (secondary N) is 2. The van der Waals surface area contributed by atoms with E-state index in [0.717, 1.165) is 30.7 Å². The predicted molar refractivity (Wildman–Crippen MR) is 112 cm³/mol. The van der Waals surface area contributed by atoms with Gasteiger partial charge < -0.3 is 15.2 Å². The zero-order valence-electron chi connectivity index (χ0n) is 18.1. The highest BCUT2D eigenvalue weighted by atomic mass is 15.3. The molecule has 0 saturated heterocycles. The van der Waals surface area contributed by atoms with Crippen LogP contribution >= 0.6 is 0 Å². The third kappa shape index (κ3) is 6.79. The summed E-state index contributed by atoms with van der Waals surface area (Å²) >= 11 is 0. The van der Waals surface area contributed by atoms with Crippen molar-refractivity contribution in [1.82, 2.24) is 30.3 Å². The molecule has 27 heavy (non-hydrogen) atoms. The summed E-state index contributed by atoms with van der Waals surface area (Å²) < 4.78 is 2.00. The number of hydrogen-bond donors (Lipinski definition) is 2. The molecule has 154 valence electrons. The Balaban J connectivity index is 1.97. The Bertz CT molecular complexity index is 577. The molecule has 0 atom stereocenters. The molecule has 1 heterocycles. The fraction of sp³-hybridized carbons (Fsp3) is 0.850. The third-order valence-electron chi connectivity index (χ3n) is 5.50. The van der Waals surface area contributed by atoms with Crippen LogP contribution in [0.1, 0.15) is 71.4 Å². The molecular formula is C20H39N7. The number of aliphatic imine (C=N–C) groups is 1. The van der Waals surface area contributed by atoms with Crippen molar-refractivity contribution in [2.24, 2.45) is 12.0 Å². The van der Waals surface area contributed by atoms with E-state index in [-0.39, 0.29) is 0 Å². The number of aryl methyl sites for hydroxylation is 1.